The van der Waals surface area contributed by atoms with E-state index in [1.807, 2.05) is 0 Å². The van der Waals surface area contributed by atoms with E-state index >= 15 is 0 Å². The number of nitrogens with two attached hydrogens (primary N) is 1. The van der Waals surface area contributed by atoms with Gasteiger partial charge in [-0.05, 0) is 24.6 Å². The van der Waals surface area contributed by atoms with Crippen LogP contribution in [0.4, 0.5) is 0 Å². The zero-order chi connectivity index (χ0) is 14.7. The van der Waals surface area contributed by atoms with Gasteiger partial charge in [-0.15, -0.1) is 0 Å². The first-order chi connectivity index (χ1) is 9.51. The maximum atomic E-state index is 11.8. The molecule has 0 unspecified atom stereocenters. The predicted molar refractivity (Wildman–Crippen MR) is 78.1 cm³/mol. The smallest absolute Gasteiger partial charge is 0.265 e. The molecule has 2 rings (SSSR count). The van der Waals surface area contributed by atoms with Crippen LogP contribution in [0.3, 0.4) is 0 Å². The Labute approximate surface area is 123 Å². The highest BCUT2D eigenvalue weighted by atomic mass is 79.9. The van der Waals surface area contributed by atoms with Gasteiger partial charge in [0.1, 0.15) is 0 Å². The topological polar surface area (TPSA) is 90.0 Å². The number of hydrogen-bond donors (Lipinski definition) is 2. The van der Waals surface area contributed by atoms with Gasteiger partial charge in [-0.25, -0.2) is 10.8 Å². The van der Waals surface area contributed by atoms with Gasteiger partial charge in [-0.1, -0.05) is 22.0 Å². The number of hydrogen-bond acceptors (Lipinski definition) is 4. The van der Waals surface area contributed by atoms with E-state index in [-0.39, 0.29) is 11.5 Å². The summed E-state index contributed by atoms with van der Waals surface area (Å²) in [4.78, 5) is 27.3. The second-order valence-corrected chi connectivity index (χ2v) is 5.13. The number of aromatic nitrogens is 2. The number of aryl methyl sites for hydroxylation is 1. The van der Waals surface area contributed by atoms with E-state index in [0.717, 1.165) is 10.0 Å². The molecule has 0 saturated heterocycles. The molecule has 3 N–H and O–H groups in total. The van der Waals surface area contributed by atoms with Crippen molar-refractivity contribution < 1.29 is 4.79 Å². The zero-order valence-corrected chi connectivity index (χ0v) is 12.3. The number of amides is 1. The first-order valence-corrected chi connectivity index (χ1v) is 6.63. The molecule has 1 heterocycles. The van der Waals surface area contributed by atoms with Crippen LogP contribution in [-0.2, 0) is 6.54 Å². The number of nitrogens with one attached hydrogen (secondary N) is 1. The van der Waals surface area contributed by atoms with Crippen molar-refractivity contribution in [2.75, 3.05) is 0 Å². The lowest BCUT2D eigenvalue weighted by molar-refractivity contribution is 0.0953. The van der Waals surface area contributed by atoms with Gasteiger partial charge in [0.15, 0.2) is 0 Å². The summed E-state index contributed by atoms with van der Waals surface area (Å²) in [5.74, 6) is 4.71. The SMILES string of the molecule is Cc1cc(=O)n(Cc2ccc(C(=O)NN)cc2Br)cn1. The van der Waals surface area contributed by atoms with Gasteiger partial charge in [0.2, 0.25) is 0 Å². The summed E-state index contributed by atoms with van der Waals surface area (Å²) in [7, 11) is 0. The molecule has 0 atom stereocenters. The molecule has 0 saturated carbocycles. The van der Waals surface area contributed by atoms with E-state index < -0.39 is 0 Å². The first-order valence-electron chi connectivity index (χ1n) is 5.83. The van der Waals surface area contributed by atoms with Crippen molar-refractivity contribution in [1.29, 1.82) is 0 Å². The molecule has 2 aromatic rings. The molecule has 0 spiro atoms. The van der Waals surface area contributed by atoms with Gasteiger partial charge in [-0.2, -0.15) is 0 Å². The molecule has 1 aromatic carbocycles. The van der Waals surface area contributed by atoms with Crippen LogP contribution in [0, 0.1) is 6.92 Å². The van der Waals surface area contributed by atoms with Gasteiger partial charge in [0.05, 0.1) is 12.9 Å². The third kappa shape index (κ3) is 3.12. The van der Waals surface area contributed by atoms with Crippen LogP contribution < -0.4 is 16.8 Å². The standard InChI is InChI=1S/C13H13BrN4O2/c1-8-4-12(19)18(7-16-8)6-10-3-2-9(5-11(10)14)13(20)17-15/h2-5,7H,6,15H2,1H3,(H,17,20). The fourth-order valence-corrected chi connectivity index (χ4v) is 2.22. The molecule has 0 fully saturated rings. The molecule has 20 heavy (non-hydrogen) atoms. The van der Waals surface area contributed by atoms with E-state index in [9.17, 15) is 9.59 Å². The van der Waals surface area contributed by atoms with Crippen molar-refractivity contribution in [3.63, 3.8) is 0 Å². The van der Waals surface area contributed by atoms with Gasteiger partial charge < -0.3 is 0 Å². The number of rotatable bonds is 3. The Morgan fingerprint density at radius 2 is 2.20 bits per heavy atom. The number of carbonyl (C=O) groups excluding carboxylic acids is 1. The highest BCUT2D eigenvalue weighted by Crippen LogP contribution is 2.19. The number of hydrazine groups is 1. The van der Waals surface area contributed by atoms with Crippen molar-refractivity contribution in [3.8, 4) is 0 Å². The molecule has 7 heteroatoms. The normalized spacial score (nSPS) is 10.3. The minimum atomic E-state index is -0.369. The lowest BCUT2D eigenvalue weighted by atomic mass is 10.1. The van der Waals surface area contributed by atoms with Crippen molar-refractivity contribution >= 4 is 21.8 Å². The maximum absolute atomic E-state index is 11.8. The van der Waals surface area contributed by atoms with Gasteiger partial charge in [0, 0.05) is 21.8 Å². The number of benzene rings is 1. The molecule has 1 aromatic heterocycles. The number of carbonyl (C=O) groups is 1. The van der Waals surface area contributed by atoms with Gasteiger partial charge in [0.25, 0.3) is 11.5 Å². The van der Waals surface area contributed by atoms with Crippen molar-refractivity contribution in [3.05, 3.63) is 62.2 Å². The van der Waals surface area contributed by atoms with Crippen LogP contribution in [0.2, 0.25) is 0 Å². The summed E-state index contributed by atoms with van der Waals surface area (Å²) >= 11 is 3.38. The molecular formula is C13H13BrN4O2. The number of halogens is 1. The molecule has 0 radical (unpaired) electrons. The van der Waals surface area contributed by atoms with Gasteiger partial charge in [-0.3, -0.25) is 19.6 Å². The average molecular weight is 337 g/mol. The van der Waals surface area contributed by atoms with E-state index in [2.05, 4.69) is 26.3 Å². The van der Waals surface area contributed by atoms with E-state index in [1.54, 1.807) is 25.1 Å². The van der Waals surface area contributed by atoms with E-state index in [1.165, 1.54) is 17.0 Å². The Bertz CT molecular complexity index is 712. The lowest BCUT2D eigenvalue weighted by Crippen LogP contribution is -2.30. The number of nitrogens with zero attached hydrogens (tertiary/aromatic N) is 2. The first kappa shape index (κ1) is 14.4. The minimum absolute atomic E-state index is 0.117. The highest BCUT2D eigenvalue weighted by molar-refractivity contribution is 9.10. The third-order valence-corrected chi connectivity index (χ3v) is 3.54. The van der Waals surface area contributed by atoms with Crippen LogP contribution in [0.25, 0.3) is 0 Å². The summed E-state index contributed by atoms with van der Waals surface area (Å²) in [5, 5.41) is 0. The Hall–Kier alpha value is -1.99. The molecule has 1 amide bonds. The monoisotopic (exact) mass is 336 g/mol. The van der Waals surface area contributed by atoms with Crippen molar-refractivity contribution in [2.24, 2.45) is 5.84 Å². The molecule has 6 nitrogen and oxygen atoms in total. The largest absolute Gasteiger partial charge is 0.295 e. The molecule has 0 aliphatic heterocycles. The summed E-state index contributed by atoms with van der Waals surface area (Å²) in [5.41, 5.74) is 3.94. The Morgan fingerprint density at radius 1 is 1.45 bits per heavy atom. The van der Waals surface area contributed by atoms with E-state index in [4.69, 9.17) is 5.84 Å². The van der Waals surface area contributed by atoms with Crippen LogP contribution in [0.15, 0.2) is 39.9 Å². The van der Waals surface area contributed by atoms with Crippen molar-refractivity contribution in [2.45, 2.75) is 13.5 Å². The fourth-order valence-electron chi connectivity index (χ4n) is 1.72. The zero-order valence-electron chi connectivity index (χ0n) is 10.8. The minimum Gasteiger partial charge on any atom is -0.295 e. The van der Waals surface area contributed by atoms with E-state index in [0.29, 0.717) is 17.8 Å². The highest BCUT2D eigenvalue weighted by Gasteiger charge is 2.08. The van der Waals surface area contributed by atoms with Crippen LogP contribution in [0.5, 0.6) is 0 Å². The molecule has 0 aliphatic carbocycles. The molecule has 104 valence electrons. The Kier molecular flexibility index (Phi) is 4.31. The molecule has 0 aliphatic rings. The van der Waals surface area contributed by atoms with Crippen LogP contribution in [0.1, 0.15) is 21.6 Å². The van der Waals surface area contributed by atoms with Crippen molar-refractivity contribution in [1.82, 2.24) is 15.0 Å². The summed E-state index contributed by atoms with van der Waals surface area (Å²) in [6.07, 6.45) is 1.50. The van der Waals surface area contributed by atoms with Crippen LogP contribution >= 0.6 is 15.9 Å². The van der Waals surface area contributed by atoms with Gasteiger partial charge >= 0.3 is 0 Å². The summed E-state index contributed by atoms with van der Waals surface area (Å²) in [6.45, 7) is 2.14. The lowest BCUT2D eigenvalue weighted by Gasteiger charge is -2.09. The Balaban J connectivity index is 2.30. The molecule has 0 bridgehead atoms. The second-order valence-electron chi connectivity index (χ2n) is 4.28. The Morgan fingerprint density at radius 3 is 2.80 bits per heavy atom. The average Bonchev–Trinajstić information content (AvgIpc) is 2.42. The molecular weight excluding hydrogens is 324 g/mol. The third-order valence-electron chi connectivity index (χ3n) is 2.80. The number of nitrogen functional groups attached to an aromatic ring is 1. The summed E-state index contributed by atoms with van der Waals surface area (Å²) in [6, 6.07) is 6.55. The van der Waals surface area contributed by atoms with Crippen LogP contribution in [-0.4, -0.2) is 15.5 Å². The quantitative estimate of drug-likeness (QED) is 0.496. The second kappa shape index (κ2) is 5.98. The predicted octanol–water partition coefficient (Wildman–Crippen LogP) is 0.966. The maximum Gasteiger partial charge on any atom is 0.265 e. The summed E-state index contributed by atoms with van der Waals surface area (Å²) < 4.78 is 2.22. The fraction of sp³-hybridized carbons (Fsp3) is 0.154.